The van der Waals surface area contributed by atoms with Gasteiger partial charge in [-0.3, -0.25) is 4.79 Å². The summed E-state index contributed by atoms with van der Waals surface area (Å²) in [5, 5.41) is 0. The van der Waals surface area contributed by atoms with E-state index in [2.05, 4.69) is 65.8 Å². The molecule has 0 radical (unpaired) electrons. The van der Waals surface area contributed by atoms with E-state index in [4.69, 9.17) is 11.5 Å². The van der Waals surface area contributed by atoms with Crippen molar-refractivity contribution in [3.8, 4) is 0 Å². The van der Waals surface area contributed by atoms with Gasteiger partial charge in [-0.25, -0.2) is 0 Å². The Morgan fingerprint density at radius 1 is 0.840 bits per heavy atom. The van der Waals surface area contributed by atoms with Crippen LogP contribution in [0, 0.1) is 0 Å². The zero-order chi connectivity index (χ0) is 19.3. The van der Waals surface area contributed by atoms with E-state index in [1.54, 1.807) is 6.07 Å². The first kappa shape index (κ1) is 20.9. The average Bonchev–Trinajstić information content (AvgIpc) is 2.54. The highest BCUT2D eigenvalue weighted by atomic mass is 16.1. The van der Waals surface area contributed by atoms with Crippen molar-refractivity contribution in [1.82, 2.24) is 0 Å². The minimum Gasteiger partial charge on any atom is -0.366 e. The van der Waals surface area contributed by atoms with Gasteiger partial charge >= 0.3 is 0 Å². The molecule has 2 rings (SSSR count). The predicted octanol–water partition coefficient (Wildman–Crippen LogP) is 4.53. The molecule has 0 atom stereocenters. The van der Waals surface area contributed by atoms with Crippen LogP contribution in [0.3, 0.4) is 0 Å². The molecular weight excluding hydrogens is 308 g/mol. The lowest BCUT2D eigenvalue weighted by atomic mass is 9.86. The molecule has 3 heteroatoms. The van der Waals surface area contributed by atoms with Gasteiger partial charge in [0.2, 0.25) is 5.91 Å². The van der Waals surface area contributed by atoms with Crippen LogP contribution >= 0.6 is 0 Å². The number of carbonyl (C=O) groups excluding carboxylic acids is 1. The number of hydrogen-bond acceptors (Lipinski definition) is 2. The molecular formula is C22H32N2O. The molecule has 0 aliphatic heterocycles. The molecule has 0 aromatic heterocycles. The van der Waals surface area contributed by atoms with E-state index in [1.807, 2.05) is 18.2 Å². The van der Waals surface area contributed by atoms with Crippen LogP contribution in [0.25, 0.3) is 0 Å². The lowest BCUT2D eigenvalue weighted by Crippen LogP contribution is -2.15. The number of carbonyl (C=O) groups is 1. The number of rotatable bonds is 2. The zero-order valence-electron chi connectivity index (χ0n) is 16.4. The molecule has 4 N–H and O–H groups in total. The highest BCUT2D eigenvalue weighted by molar-refractivity contribution is 5.92. The molecule has 0 saturated heterocycles. The second-order valence-electron chi connectivity index (χ2n) is 8.35. The Bertz CT molecular complexity index is 689. The average molecular weight is 341 g/mol. The summed E-state index contributed by atoms with van der Waals surface area (Å²) in [7, 11) is 0. The fourth-order valence-corrected chi connectivity index (χ4v) is 2.28. The van der Waals surface area contributed by atoms with Gasteiger partial charge in [0.1, 0.15) is 0 Å². The summed E-state index contributed by atoms with van der Waals surface area (Å²) in [6, 6.07) is 16.0. The molecule has 25 heavy (non-hydrogen) atoms. The van der Waals surface area contributed by atoms with Gasteiger partial charge in [0.25, 0.3) is 0 Å². The molecule has 0 aliphatic rings. The number of amides is 1. The monoisotopic (exact) mass is 340 g/mol. The molecule has 2 aromatic carbocycles. The Balaban J connectivity index is 0.000000251. The van der Waals surface area contributed by atoms with E-state index in [-0.39, 0.29) is 16.7 Å². The van der Waals surface area contributed by atoms with E-state index in [0.717, 1.165) is 5.56 Å². The standard InChI is InChI=1S/C11H15NO.C11H17N/c1-11(2,3)9-6-4-5-8(7-9)10(12)13;1-11(2,3)10-6-4-9(8-12)5-7-10/h4-7H,1-3H3,(H2,12,13);4-7H,8,12H2,1-3H3. The summed E-state index contributed by atoms with van der Waals surface area (Å²) in [5.74, 6) is -0.369. The number of primary amides is 1. The van der Waals surface area contributed by atoms with Crippen molar-refractivity contribution in [1.29, 1.82) is 0 Å². The quantitative estimate of drug-likeness (QED) is 0.843. The molecule has 0 fully saturated rings. The molecule has 0 unspecified atom stereocenters. The highest BCUT2D eigenvalue weighted by Crippen LogP contribution is 2.23. The summed E-state index contributed by atoms with van der Waals surface area (Å²) in [6.07, 6.45) is 0. The van der Waals surface area contributed by atoms with Crippen LogP contribution < -0.4 is 11.5 Å². The third kappa shape index (κ3) is 6.71. The Hall–Kier alpha value is -2.13. The first-order valence-corrected chi connectivity index (χ1v) is 8.65. The fourth-order valence-electron chi connectivity index (χ4n) is 2.28. The first-order valence-electron chi connectivity index (χ1n) is 8.65. The third-order valence-electron chi connectivity index (χ3n) is 4.07. The van der Waals surface area contributed by atoms with Crippen molar-refractivity contribution in [3.05, 3.63) is 70.8 Å². The summed E-state index contributed by atoms with van der Waals surface area (Å²) in [5.41, 5.74) is 15.3. The van der Waals surface area contributed by atoms with Gasteiger partial charge in [-0.2, -0.15) is 0 Å². The van der Waals surface area contributed by atoms with E-state index in [9.17, 15) is 4.79 Å². The van der Waals surface area contributed by atoms with Crippen molar-refractivity contribution in [2.75, 3.05) is 0 Å². The summed E-state index contributed by atoms with van der Waals surface area (Å²) < 4.78 is 0. The maximum Gasteiger partial charge on any atom is 0.248 e. The predicted molar refractivity (Wildman–Crippen MR) is 107 cm³/mol. The Morgan fingerprint density at radius 3 is 1.76 bits per heavy atom. The van der Waals surface area contributed by atoms with Crippen LogP contribution in [0.1, 0.15) is 68.6 Å². The van der Waals surface area contributed by atoms with Gasteiger partial charge in [-0.15, -0.1) is 0 Å². The zero-order valence-corrected chi connectivity index (χ0v) is 16.4. The molecule has 136 valence electrons. The van der Waals surface area contributed by atoms with Crippen LogP contribution in [0.2, 0.25) is 0 Å². The Kier molecular flexibility index (Phi) is 6.95. The molecule has 0 saturated carbocycles. The third-order valence-corrected chi connectivity index (χ3v) is 4.07. The summed E-state index contributed by atoms with van der Waals surface area (Å²) in [6.45, 7) is 13.6. The van der Waals surface area contributed by atoms with Crippen LogP contribution in [0.15, 0.2) is 48.5 Å². The van der Waals surface area contributed by atoms with E-state index in [0.29, 0.717) is 12.1 Å². The van der Waals surface area contributed by atoms with E-state index < -0.39 is 0 Å². The fraction of sp³-hybridized carbons (Fsp3) is 0.409. The minimum atomic E-state index is -0.369. The van der Waals surface area contributed by atoms with Crippen molar-refractivity contribution < 1.29 is 4.79 Å². The van der Waals surface area contributed by atoms with Gasteiger partial charge < -0.3 is 11.5 Å². The molecule has 0 aliphatic carbocycles. The van der Waals surface area contributed by atoms with Gasteiger partial charge in [0.15, 0.2) is 0 Å². The van der Waals surface area contributed by atoms with Gasteiger partial charge in [-0.05, 0) is 39.7 Å². The van der Waals surface area contributed by atoms with E-state index >= 15 is 0 Å². The lowest BCUT2D eigenvalue weighted by Gasteiger charge is -2.19. The topological polar surface area (TPSA) is 69.1 Å². The van der Waals surface area contributed by atoms with Crippen LogP contribution in [0.4, 0.5) is 0 Å². The van der Waals surface area contributed by atoms with E-state index in [1.165, 1.54) is 11.1 Å². The molecule has 3 nitrogen and oxygen atoms in total. The van der Waals surface area contributed by atoms with Crippen LogP contribution in [0.5, 0.6) is 0 Å². The Labute approximate surface area is 152 Å². The van der Waals surface area contributed by atoms with Crippen LogP contribution in [-0.4, -0.2) is 5.91 Å². The number of nitrogens with two attached hydrogens (primary N) is 2. The maximum absolute atomic E-state index is 10.9. The molecule has 0 bridgehead atoms. The van der Waals surface area contributed by atoms with Gasteiger partial charge in [0.05, 0.1) is 0 Å². The summed E-state index contributed by atoms with van der Waals surface area (Å²) in [4.78, 5) is 10.9. The van der Waals surface area contributed by atoms with Crippen molar-refractivity contribution in [2.45, 2.75) is 58.9 Å². The van der Waals surface area contributed by atoms with Crippen LogP contribution in [-0.2, 0) is 17.4 Å². The molecule has 0 heterocycles. The normalized spacial score (nSPS) is 11.5. The number of hydrogen-bond donors (Lipinski definition) is 2. The van der Waals surface area contributed by atoms with Gasteiger partial charge in [0, 0.05) is 12.1 Å². The lowest BCUT2D eigenvalue weighted by molar-refractivity contribution is 0.1000. The Morgan fingerprint density at radius 2 is 1.36 bits per heavy atom. The smallest absolute Gasteiger partial charge is 0.248 e. The first-order chi connectivity index (χ1) is 11.4. The molecule has 2 aromatic rings. The molecule has 1 amide bonds. The highest BCUT2D eigenvalue weighted by Gasteiger charge is 2.14. The maximum atomic E-state index is 10.9. The largest absolute Gasteiger partial charge is 0.366 e. The van der Waals surface area contributed by atoms with Crippen molar-refractivity contribution in [3.63, 3.8) is 0 Å². The summed E-state index contributed by atoms with van der Waals surface area (Å²) >= 11 is 0. The van der Waals surface area contributed by atoms with Crippen molar-refractivity contribution >= 4 is 5.91 Å². The number of benzene rings is 2. The second-order valence-corrected chi connectivity index (χ2v) is 8.35. The van der Waals surface area contributed by atoms with Gasteiger partial charge in [-0.1, -0.05) is 77.9 Å². The minimum absolute atomic E-state index is 0.0610. The SMILES string of the molecule is CC(C)(C)c1ccc(CN)cc1.CC(C)(C)c1cccc(C(N)=O)c1. The van der Waals surface area contributed by atoms with Crippen molar-refractivity contribution in [2.24, 2.45) is 11.5 Å². The molecule has 0 spiro atoms. The second kappa shape index (κ2) is 8.30.